The van der Waals surface area contributed by atoms with Crippen LogP contribution in [-0.2, 0) is 28.7 Å². The number of carbonyl (C=O) groups is 5. The largest absolute Gasteiger partial charge is 0.463 e. The third-order valence-corrected chi connectivity index (χ3v) is 10.7. The van der Waals surface area contributed by atoms with E-state index >= 15 is 0 Å². The van der Waals surface area contributed by atoms with Gasteiger partial charge in [0.25, 0.3) is 0 Å². The van der Waals surface area contributed by atoms with Crippen LogP contribution in [0.3, 0.4) is 0 Å². The van der Waals surface area contributed by atoms with E-state index in [-0.39, 0.29) is 52.5 Å². The van der Waals surface area contributed by atoms with Gasteiger partial charge in [-0.1, -0.05) is 13.8 Å². The number of ether oxygens (including phenoxy) is 1. The van der Waals surface area contributed by atoms with Crippen LogP contribution in [-0.4, -0.2) is 35.2 Å². The molecule has 4 aliphatic rings. The molecule has 4 saturated carbocycles. The van der Waals surface area contributed by atoms with Crippen LogP contribution in [0.15, 0.2) is 0 Å². The molecule has 0 N–H and O–H groups in total. The zero-order valence-electron chi connectivity index (χ0n) is 21.5. The van der Waals surface area contributed by atoms with Gasteiger partial charge in [-0.3, -0.25) is 24.0 Å². The maximum Gasteiger partial charge on any atom is 0.302 e. The fourth-order valence-electron chi connectivity index (χ4n) is 9.32. The SMILES string of the molecule is CC(=O)O[C@H]1CC[C@@]2(C)[C@@H](CC[C@@H]3[C@@H]2CC(=O)[C@@]2(C)[C@H]3C[C@@H](C(C(C)=O)C(C)=O)[C@@H]2C(C)=O)C1. The quantitative estimate of drug-likeness (QED) is 0.436. The summed E-state index contributed by atoms with van der Waals surface area (Å²) in [6.07, 6.45) is 5.62. The molecule has 6 nitrogen and oxygen atoms in total. The van der Waals surface area contributed by atoms with E-state index in [1.165, 1.54) is 27.7 Å². The molecular weight excluding hydrogens is 432 g/mol. The van der Waals surface area contributed by atoms with Gasteiger partial charge >= 0.3 is 5.97 Å². The fourth-order valence-corrected chi connectivity index (χ4v) is 9.32. The Kier molecular flexibility index (Phi) is 6.44. The lowest BCUT2D eigenvalue weighted by Crippen LogP contribution is -2.57. The van der Waals surface area contributed by atoms with Crippen LogP contribution in [0.5, 0.6) is 0 Å². The van der Waals surface area contributed by atoms with E-state index in [1.807, 2.05) is 6.92 Å². The van der Waals surface area contributed by atoms with Gasteiger partial charge in [-0.25, -0.2) is 0 Å². The first-order valence-electron chi connectivity index (χ1n) is 13.0. The van der Waals surface area contributed by atoms with Gasteiger partial charge in [-0.05, 0) is 94.3 Å². The van der Waals surface area contributed by atoms with Crippen LogP contribution in [0.1, 0.15) is 86.5 Å². The highest BCUT2D eigenvalue weighted by Crippen LogP contribution is 2.68. The molecular formula is C28H40O6. The molecule has 34 heavy (non-hydrogen) atoms. The first kappa shape index (κ1) is 25.2. The molecule has 4 aliphatic carbocycles. The third-order valence-electron chi connectivity index (χ3n) is 10.7. The molecule has 0 aromatic carbocycles. The van der Waals surface area contributed by atoms with E-state index in [1.54, 1.807) is 0 Å². The summed E-state index contributed by atoms with van der Waals surface area (Å²) in [5, 5.41) is 0. The molecule has 9 atom stereocenters. The molecule has 0 bridgehead atoms. The number of Topliss-reactive ketones (excluding diaryl/α,β-unsaturated/α-hetero) is 4. The van der Waals surface area contributed by atoms with E-state index in [0.29, 0.717) is 24.7 Å². The summed E-state index contributed by atoms with van der Waals surface area (Å²) < 4.78 is 5.55. The number of ketones is 4. The van der Waals surface area contributed by atoms with Crippen molar-refractivity contribution in [3.8, 4) is 0 Å². The van der Waals surface area contributed by atoms with Gasteiger partial charge in [0.15, 0.2) is 0 Å². The van der Waals surface area contributed by atoms with Gasteiger partial charge < -0.3 is 4.74 Å². The van der Waals surface area contributed by atoms with Crippen molar-refractivity contribution in [1.82, 2.24) is 0 Å². The van der Waals surface area contributed by atoms with Crippen LogP contribution in [0.4, 0.5) is 0 Å². The van der Waals surface area contributed by atoms with Gasteiger partial charge in [0.05, 0.1) is 5.92 Å². The molecule has 0 radical (unpaired) electrons. The Morgan fingerprint density at radius 3 is 2.12 bits per heavy atom. The molecule has 0 aromatic rings. The number of hydrogen-bond acceptors (Lipinski definition) is 6. The second-order valence-corrected chi connectivity index (χ2v) is 12.3. The Labute approximate surface area is 202 Å². The predicted octanol–water partition coefficient (Wildman–Crippen LogP) is 4.37. The molecule has 0 heterocycles. The molecule has 188 valence electrons. The molecule has 4 rings (SSSR count). The molecule has 6 heteroatoms. The van der Waals surface area contributed by atoms with Crippen molar-refractivity contribution >= 4 is 29.1 Å². The number of carbonyl (C=O) groups excluding carboxylic acids is 5. The lowest BCUT2D eigenvalue weighted by molar-refractivity contribution is -0.167. The summed E-state index contributed by atoms with van der Waals surface area (Å²) in [6, 6.07) is 0. The third kappa shape index (κ3) is 3.71. The second kappa shape index (κ2) is 8.67. The van der Waals surface area contributed by atoms with Gasteiger partial charge in [-0.2, -0.15) is 0 Å². The van der Waals surface area contributed by atoms with Crippen LogP contribution in [0, 0.1) is 52.3 Å². The standard InChI is InChI=1S/C28H40O6/c1-14(29)25(15(2)30)21-12-23-20-8-7-18-11-19(34-17(4)32)9-10-27(18,5)22(20)13-24(33)28(23,6)26(21)16(3)31/h18-23,25-26H,7-13H2,1-6H3/t18-,19-,20+,21-,22-,23-,26-,27-,28+/m0/s1. The van der Waals surface area contributed by atoms with Gasteiger partial charge in [0.2, 0.25) is 0 Å². The van der Waals surface area contributed by atoms with E-state index in [9.17, 15) is 24.0 Å². The van der Waals surface area contributed by atoms with Crippen LogP contribution in [0.25, 0.3) is 0 Å². The second-order valence-electron chi connectivity index (χ2n) is 12.3. The Balaban J connectivity index is 1.68. The molecule has 0 aliphatic heterocycles. The minimum Gasteiger partial charge on any atom is -0.463 e. The van der Waals surface area contributed by atoms with Crippen molar-refractivity contribution in [3.05, 3.63) is 0 Å². The maximum absolute atomic E-state index is 13.9. The Morgan fingerprint density at radius 2 is 1.56 bits per heavy atom. The first-order chi connectivity index (χ1) is 15.8. The highest BCUT2D eigenvalue weighted by atomic mass is 16.5. The smallest absolute Gasteiger partial charge is 0.302 e. The van der Waals surface area contributed by atoms with Crippen molar-refractivity contribution in [1.29, 1.82) is 0 Å². The number of esters is 1. The summed E-state index contributed by atoms with van der Waals surface area (Å²) in [5.74, 6) is -1.39. The fraction of sp³-hybridized carbons (Fsp3) is 0.821. The van der Waals surface area contributed by atoms with Gasteiger partial charge in [0.1, 0.15) is 29.2 Å². The summed E-state index contributed by atoms with van der Waals surface area (Å²) in [4.78, 5) is 63.4. The molecule has 0 amide bonds. The average molecular weight is 473 g/mol. The van der Waals surface area contributed by atoms with Gasteiger partial charge in [0, 0.05) is 24.7 Å². The van der Waals surface area contributed by atoms with Crippen molar-refractivity contribution < 1.29 is 28.7 Å². The molecule has 0 spiro atoms. The van der Waals surface area contributed by atoms with Crippen LogP contribution >= 0.6 is 0 Å². The molecule has 0 aromatic heterocycles. The van der Waals surface area contributed by atoms with Crippen LogP contribution in [0.2, 0.25) is 0 Å². The summed E-state index contributed by atoms with van der Waals surface area (Å²) in [6.45, 7) is 10.1. The minimum atomic E-state index is -0.811. The van der Waals surface area contributed by atoms with Crippen molar-refractivity contribution in [2.45, 2.75) is 92.6 Å². The lowest BCUT2D eigenvalue weighted by Gasteiger charge is -2.60. The normalized spacial score (nSPS) is 43.5. The summed E-state index contributed by atoms with van der Waals surface area (Å²) in [5.41, 5.74) is -0.806. The highest BCUT2D eigenvalue weighted by molar-refractivity contribution is 6.02. The zero-order valence-corrected chi connectivity index (χ0v) is 21.5. The Morgan fingerprint density at radius 1 is 0.912 bits per heavy atom. The van der Waals surface area contributed by atoms with E-state index in [2.05, 4.69) is 6.92 Å². The number of hydrogen-bond donors (Lipinski definition) is 0. The molecule has 0 saturated heterocycles. The monoisotopic (exact) mass is 472 g/mol. The Bertz CT molecular complexity index is 908. The molecule has 0 unspecified atom stereocenters. The lowest BCUT2D eigenvalue weighted by atomic mass is 9.44. The average Bonchev–Trinajstić information content (AvgIpc) is 3.02. The van der Waals surface area contributed by atoms with Crippen molar-refractivity contribution in [2.75, 3.05) is 0 Å². The van der Waals surface area contributed by atoms with Crippen molar-refractivity contribution in [2.24, 2.45) is 52.3 Å². The maximum atomic E-state index is 13.9. The summed E-state index contributed by atoms with van der Waals surface area (Å²) in [7, 11) is 0. The highest BCUT2D eigenvalue weighted by Gasteiger charge is 2.67. The summed E-state index contributed by atoms with van der Waals surface area (Å²) >= 11 is 0. The van der Waals surface area contributed by atoms with Gasteiger partial charge in [-0.15, -0.1) is 0 Å². The number of fused-ring (bicyclic) bond motifs is 5. The zero-order chi connectivity index (χ0) is 25.2. The minimum absolute atomic E-state index is 0.000908. The number of rotatable bonds is 5. The van der Waals surface area contributed by atoms with E-state index in [0.717, 1.165) is 32.1 Å². The van der Waals surface area contributed by atoms with Crippen LogP contribution < -0.4 is 0 Å². The predicted molar refractivity (Wildman–Crippen MR) is 126 cm³/mol. The van der Waals surface area contributed by atoms with E-state index in [4.69, 9.17) is 4.74 Å². The molecule has 4 fully saturated rings. The van der Waals surface area contributed by atoms with E-state index < -0.39 is 23.2 Å². The first-order valence-corrected chi connectivity index (χ1v) is 13.0. The van der Waals surface area contributed by atoms with Crippen molar-refractivity contribution in [3.63, 3.8) is 0 Å². The topological polar surface area (TPSA) is 94.6 Å². The Hall–Kier alpha value is -1.85.